The maximum Gasteiger partial charge on any atom is 0.136 e. The molecular formula is C15H15F2NS. The van der Waals surface area contributed by atoms with Gasteiger partial charge in [-0.1, -0.05) is 30.3 Å². The first-order valence-electron chi connectivity index (χ1n) is 6.08. The molecule has 0 bridgehead atoms. The van der Waals surface area contributed by atoms with Crippen LogP contribution >= 0.6 is 11.8 Å². The van der Waals surface area contributed by atoms with Crippen molar-refractivity contribution in [2.24, 2.45) is 0 Å². The van der Waals surface area contributed by atoms with E-state index in [1.807, 2.05) is 30.3 Å². The summed E-state index contributed by atoms with van der Waals surface area (Å²) < 4.78 is 26.3. The van der Waals surface area contributed by atoms with Crippen molar-refractivity contribution >= 4 is 11.8 Å². The summed E-state index contributed by atoms with van der Waals surface area (Å²) in [5, 5.41) is 3.27. The fraction of sp³-hybridized carbons (Fsp3) is 0.200. The third kappa shape index (κ3) is 4.65. The smallest absolute Gasteiger partial charge is 0.136 e. The van der Waals surface area contributed by atoms with Gasteiger partial charge in [0.05, 0.1) is 0 Å². The van der Waals surface area contributed by atoms with Crippen molar-refractivity contribution in [3.05, 3.63) is 65.7 Å². The van der Waals surface area contributed by atoms with Crippen LogP contribution < -0.4 is 5.32 Å². The molecule has 2 aromatic carbocycles. The Labute approximate surface area is 116 Å². The van der Waals surface area contributed by atoms with Crippen molar-refractivity contribution in [2.75, 3.05) is 12.3 Å². The number of nitrogens with one attached hydrogen (secondary N) is 1. The van der Waals surface area contributed by atoms with E-state index in [2.05, 4.69) is 5.32 Å². The minimum absolute atomic E-state index is 0.363. The summed E-state index contributed by atoms with van der Waals surface area (Å²) in [4.78, 5) is 0.363. The average molecular weight is 279 g/mol. The number of halogens is 2. The van der Waals surface area contributed by atoms with Gasteiger partial charge < -0.3 is 5.32 Å². The van der Waals surface area contributed by atoms with Gasteiger partial charge in [0.1, 0.15) is 11.6 Å². The van der Waals surface area contributed by atoms with Crippen LogP contribution in [0.15, 0.2) is 53.4 Å². The third-order valence-corrected chi connectivity index (χ3v) is 3.63. The van der Waals surface area contributed by atoms with Gasteiger partial charge in [0.15, 0.2) is 0 Å². The van der Waals surface area contributed by atoms with E-state index in [0.717, 1.165) is 25.2 Å². The normalized spacial score (nSPS) is 10.6. The highest BCUT2D eigenvalue weighted by Gasteiger charge is 2.03. The molecule has 0 aliphatic heterocycles. The molecule has 2 aromatic rings. The van der Waals surface area contributed by atoms with Gasteiger partial charge >= 0.3 is 0 Å². The maximum absolute atomic E-state index is 13.3. The lowest BCUT2D eigenvalue weighted by Gasteiger charge is -2.06. The zero-order chi connectivity index (χ0) is 13.5. The van der Waals surface area contributed by atoms with Gasteiger partial charge in [-0.15, -0.1) is 11.8 Å². The van der Waals surface area contributed by atoms with E-state index in [9.17, 15) is 8.78 Å². The van der Waals surface area contributed by atoms with Crippen LogP contribution in [0.2, 0.25) is 0 Å². The van der Waals surface area contributed by atoms with Crippen molar-refractivity contribution < 1.29 is 8.78 Å². The average Bonchev–Trinajstić information content (AvgIpc) is 2.43. The van der Waals surface area contributed by atoms with Crippen LogP contribution in [0.25, 0.3) is 0 Å². The molecule has 0 unspecified atom stereocenters. The Morgan fingerprint density at radius 3 is 2.58 bits per heavy atom. The van der Waals surface area contributed by atoms with Crippen LogP contribution in [0.4, 0.5) is 8.78 Å². The van der Waals surface area contributed by atoms with Crippen molar-refractivity contribution in [1.29, 1.82) is 0 Å². The fourth-order valence-corrected chi connectivity index (χ4v) is 2.52. The third-order valence-electron chi connectivity index (χ3n) is 2.60. The van der Waals surface area contributed by atoms with Crippen molar-refractivity contribution in [3.8, 4) is 0 Å². The summed E-state index contributed by atoms with van der Waals surface area (Å²) in [5.74, 6) is -0.0664. The molecule has 0 atom stereocenters. The lowest BCUT2D eigenvalue weighted by Crippen LogP contribution is -2.16. The van der Waals surface area contributed by atoms with Crippen molar-refractivity contribution in [3.63, 3.8) is 0 Å². The van der Waals surface area contributed by atoms with Gasteiger partial charge in [0.25, 0.3) is 0 Å². The number of thioether (sulfide) groups is 1. The molecule has 0 aliphatic carbocycles. The molecule has 2 rings (SSSR count). The van der Waals surface area contributed by atoms with E-state index < -0.39 is 5.82 Å². The first kappa shape index (κ1) is 14.0. The Balaban J connectivity index is 1.71. The molecule has 1 N–H and O–H groups in total. The molecule has 0 aromatic heterocycles. The monoisotopic (exact) mass is 279 g/mol. The van der Waals surface area contributed by atoms with Crippen LogP contribution in [0, 0.1) is 11.6 Å². The quantitative estimate of drug-likeness (QED) is 0.637. The highest BCUT2D eigenvalue weighted by atomic mass is 32.2. The Bertz CT molecular complexity index is 517. The zero-order valence-corrected chi connectivity index (χ0v) is 11.2. The van der Waals surface area contributed by atoms with Crippen LogP contribution in [0.3, 0.4) is 0 Å². The van der Waals surface area contributed by atoms with Gasteiger partial charge in [-0.3, -0.25) is 0 Å². The maximum atomic E-state index is 13.3. The minimum Gasteiger partial charge on any atom is -0.312 e. The van der Waals surface area contributed by atoms with E-state index in [1.54, 1.807) is 0 Å². The molecule has 19 heavy (non-hydrogen) atoms. The highest BCUT2D eigenvalue weighted by molar-refractivity contribution is 7.99. The molecule has 0 aliphatic rings. The van der Waals surface area contributed by atoms with Gasteiger partial charge in [-0.05, 0) is 23.8 Å². The number of benzene rings is 2. The van der Waals surface area contributed by atoms with E-state index in [4.69, 9.17) is 0 Å². The SMILES string of the molecule is Fc1ccc(F)c(SCCNCc2ccccc2)c1. The van der Waals surface area contributed by atoms with Gasteiger partial charge in [0, 0.05) is 23.7 Å². The Morgan fingerprint density at radius 2 is 1.79 bits per heavy atom. The summed E-state index contributed by atoms with van der Waals surface area (Å²) >= 11 is 1.32. The van der Waals surface area contributed by atoms with Crippen LogP contribution in [0.1, 0.15) is 5.56 Å². The minimum atomic E-state index is -0.402. The van der Waals surface area contributed by atoms with Gasteiger partial charge in [-0.2, -0.15) is 0 Å². The van der Waals surface area contributed by atoms with Crippen molar-refractivity contribution in [1.82, 2.24) is 5.32 Å². The first-order valence-corrected chi connectivity index (χ1v) is 7.07. The molecule has 0 saturated carbocycles. The molecule has 0 spiro atoms. The summed E-state index contributed by atoms with van der Waals surface area (Å²) in [6.07, 6.45) is 0. The zero-order valence-electron chi connectivity index (χ0n) is 10.4. The lowest BCUT2D eigenvalue weighted by molar-refractivity contribution is 0.577. The summed E-state index contributed by atoms with van der Waals surface area (Å²) in [6.45, 7) is 1.53. The van der Waals surface area contributed by atoms with Crippen LogP contribution in [0.5, 0.6) is 0 Å². The molecular weight excluding hydrogens is 264 g/mol. The second-order valence-corrected chi connectivity index (χ2v) is 5.22. The Morgan fingerprint density at radius 1 is 1.00 bits per heavy atom. The molecule has 0 radical (unpaired) electrons. The number of hydrogen-bond donors (Lipinski definition) is 1. The first-order chi connectivity index (χ1) is 9.25. The molecule has 0 fully saturated rings. The second-order valence-electron chi connectivity index (χ2n) is 4.09. The molecule has 100 valence electrons. The molecule has 1 nitrogen and oxygen atoms in total. The van der Waals surface area contributed by atoms with Crippen LogP contribution in [-0.2, 0) is 6.54 Å². The van der Waals surface area contributed by atoms with Gasteiger partial charge in [-0.25, -0.2) is 8.78 Å². The Kier molecular flexibility index (Phi) is 5.36. The predicted molar refractivity (Wildman–Crippen MR) is 75.2 cm³/mol. The second kappa shape index (κ2) is 7.26. The number of rotatable bonds is 6. The number of hydrogen-bond acceptors (Lipinski definition) is 2. The lowest BCUT2D eigenvalue weighted by atomic mass is 10.2. The largest absolute Gasteiger partial charge is 0.312 e. The summed E-state index contributed by atoms with van der Waals surface area (Å²) in [7, 11) is 0. The van der Waals surface area contributed by atoms with E-state index in [-0.39, 0.29) is 5.82 Å². The fourth-order valence-electron chi connectivity index (χ4n) is 1.65. The predicted octanol–water partition coefficient (Wildman–Crippen LogP) is 3.85. The standard InChI is InChI=1S/C15H15F2NS/c16-13-6-7-14(17)15(10-13)19-9-8-18-11-12-4-2-1-3-5-12/h1-7,10,18H,8-9,11H2. The summed E-state index contributed by atoms with van der Waals surface area (Å²) in [6, 6.07) is 13.6. The molecule has 0 saturated heterocycles. The van der Waals surface area contributed by atoms with Crippen LogP contribution in [-0.4, -0.2) is 12.3 Å². The molecule has 4 heteroatoms. The summed E-state index contributed by atoms with van der Waals surface area (Å²) in [5.41, 5.74) is 1.21. The Hall–Kier alpha value is -1.39. The topological polar surface area (TPSA) is 12.0 Å². The van der Waals surface area contributed by atoms with E-state index in [1.165, 1.54) is 23.4 Å². The molecule has 0 heterocycles. The van der Waals surface area contributed by atoms with E-state index >= 15 is 0 Å². The van der Waals surface area contributed by atoms with Crippen molar-refractivity contribution in [2.45, 2.75) is 11.4 Å². The van der Waals surface area contributed by atoms with Gasteiger partial charge in [0.2, 0.25) is 0 Å². The highest BCUT2D eigenvalue weighted by Crippen LogP contribution is 2.21. The molecule has 0 amide bonds. The van der Waals surface area contributed by atoms with E-state index in [0.29, 0.717) is 10.6 Å².